The average Bonchev–Trinajstić information content (AvgIpc) is 3.13. The number of anilines is 1. The zero-order valence-electron chi connectivity index (χ0n) is 20.3. The number of carbonyl (C=O) groups excluding carboxylic acids is 1. The van der Waals surface area contributed by atoms with Crippen LogP contribution in [0.1, 0.15) is 49.7 Å². The third-order valence-electron chi connectivity index (χ3n) is 7.88. The monoisotopic (exact) mass is 515 g/mol. The van der Waals surface area contributed by atoms with Crippen LogP contribution in [0.25, 0.3) is 0 Å². The molecule has 5 nitrogen and oxygen atoms in total. The molecule has 0 radical (unpaired) electrons. The minimum atomic E-state index is -0.780. The fraction of sp³-hybridized carbons (Fsp3) is 0.536. The first-order valence-electron chi connectivity index (χ1n) is 13.0. The summed E-state index contributed by atoms with van der Waals surface area (Å²) in [7, 11) is 0. The zero-order valence-corrected chi connectivity index (χ0v) is 21.8. The lowest BCUT2D eigenvalue weighted by molar-refractivity contribution is -0.130. The molecule has 35 heavy (non-hydrogen) atoms. The van der Waals surface area contributed by atoms with Crippen molar-refractivity contribution in [3.8, 4) is 0 Å². The Bertz CT molecular complexity index is 1040. The standard InChI is InChI=1S/C28H35Cl2N3O2/c29-22-7-4-6-21(18-22)20-28(25-11-10-23(30)19-26(25)31-27(28)34)33(24-8-2-1-3-9-24)13-5-12-32-14-16-35-17-15-32/h4,6-7,10-11,18-19,24H,1-3,5,8-9,12-17,20H2,(H,31,34). The molecule has 188 valence electrons. The van der Waals surface area contributed by atoms with Crippen LogP contribution in [0.3, 0.4) is 0 Å². The van der Waals surface area contributed by atoms with Crippen LogP contribution in [-0.4, -0.2) is 61.1 Å². The van der Waals surface area contributed by atoms with Crippen LogP contribution >= 0.6 is 23.2 Å². The van der Waals surface area contributed by atoms with Crippen molar-refractivity contribution in [2.75, 3.05) is 44.7 Å². The van der Waals surface area contributed by atoms with Crippen LogP contribution in [0.4, 0.5) is 5.69 Å². The second-order valence-corrected chi connectivity index (χ2v) is 11.0. The van der Waals surface area contributed by atoms with E-state index in [1.54, 1.807) is 0 Å². The summed E-state index contributed by atoms with van der Waals surface area (Å²) in [5.74, 6) is 0.0479. The van der Waals surface area contributed by atoms with E-state index >= 15 is 0 Å². The van der Waals surface area contributed by atoms with Gasteiger partial charge in [-0.2, -0.15) is 0 Å². The molecule has 5 rings (SSSR count). The van der Waals surface area contributed by atoms with Gasteiger partial charge in [0.1, 0.15) is 5.54 Å². The maximum Gasteiger partial charge on any atom is 0.249 e. The molecule has 2 aliphatic heterocycles. The number of amides is 1. The number of nitrogens with one attached hydrogen (secondary N) is 1. The highest BCUT2D eigenvalue weighted by molar-refractivity contribution is 6.31. The van der Waals surface area contributed by atoms with Gasteiger partial charge in [-0.1, -0.05) is 60.7 Å². The molecular formula is C28H35Cl2N3O2. The number of nitrogens with zero attached hydrogens (tertiary/aromatic N) is 2. The van der Waals surface area contributed by atoms with Crippen molar-refractivity contribution in [1.82, 2.24) is 9.80 Å². The topological polar surface area (TPSA) is 44.8 Å². The summed E-state index contributed by atoms with van der Waals surface area (Å²) in [6, 6.07) is 14.2. The first-order valence-corrected chi connectivity index (χ1v) is 13.7. The van der Waals surface area contributed by atoms with Crippen molar-refractivity contribution in [1.29, 1.82) is 0 Å². The summed E-state index contributed by atoms with van der Waals surface area (Å²) < 4.78 is 5.53. The lowest BCUT2D eigenvalue weighted by Crippen LogP contribution is -2.57. The van der Waals surface area contributed by atoms with Gasteiger partial charge in [-0.15, -0.1) is 0 Å². The molecule has 0 aromatic heterocycles. The lowest BCUT2D eigenvalue weighted by atomic mass is 9.80. The Labute approximate surface area is 218 Å². The number of carbonyl (C=O) groups is 1. The summed E-state index contributed by atoms with van der Waals surface area (Å²) in [6.07, 6.45) is 7.57. The summed E-state index contributed by atoms with van der Waals surface area (Å²) in [5.41, 5.74) is 2.16. The van der Waals surface area contributed by atoms with Gasteiger partial charge in [0.2, 0.25) is 5.91 Å². The summed E-state index contributed by atoms with van der Waals surface area (Å²) in [5, 5.41) is 4.53. The number of halogens is 2. The third-order valence-corrected chi connectivity index (χ3v) is 8.35. The Morgan fingerprint density at radius 2 is 1.80 bits per heavy atom. The quantitative estimate of drug-likeness (QED) is 0.486. The van der Waals surface area contributed by atoms with Gasteiger partial charge in [0.05, 0.1) is 13.2 Å². The highest BCUT2D eigenvalue weighted by atomic mass is 35.5. The van der Waals surface area contributed by atoms with E-state index in [-0.39, 0.29) is 5.91 Å². The molecule has 3 aliphatic rings. The minimum absolute atomic E-state index is 0.0479. The largest absolute Gasteiger partial charge is 0.379 e. The Morgan fingerprint density at radius 3 is 2.57 bits per heavy atom. The molecule has 2 heterocycles. The number of benzene rings is 2. The van der Waals surface area contributed by atoms with E-state index in [9.17, 15) is 4.79 Å². The number of hydrogen-bond acceptors (Lipinski definition) is 4. The molecule has 1 atom stereocenters. The van der Waals surface area contributed by atoms with Gasteiger partial charge in [-0.3, -0.25) is 14.6 Å². The van der Waals surface area contributed by atoms with E-state index in [1.165, 1.54) is 19.3 Å². The molecule has 1 N–H and O–H groups in total. The molecule has 1 unspecified atom stereocenters. The van der Waals surface area contributed by atoms with Crippen LogP contribution in [0.2, 0.25) is 10.0 Å². The number of rotatable bonds is 8. The number of fused-ring (bicyclic) bond motifs is 1. The highest BCUT2D eigenvalue weighted by Crippen LogP contribution is 2.46. The molecule has 2 fully saturated rings. The van der Waals surface area contributed by atoms with Crippen LogP contribution in [-0.2, 0) is 21.5 Å². The maximum atomic E-state index is 14.0. The lowest BCUT2D eigenvalue weighted by Gasteiger charge is -2.46. The number of ether oxygens (including phenoxy) is 1. The van der Waals surface area contributed by atoms with Crippen LogP contribution < -0.4 is 5.32 Å². The van der Waals surface area contributed by atoms with Gasteiger partial charge in [0.25, 0.3) is 0 Å². The van der Waals surface area contributed by atoms with Gasteiger partial charge in [-0.25, -0.2) is 0 Å². The summed E-state index contributed by atoms with van der Waals surface area (Å²) in [4.78, 5) is 19.1. The molecule has 1 aliphatic carbocycles. The van der Waals surface area contributed by atoms with Gasteiger partial charge in [0, 0.05) is 53.4 Å². The first kappa shape index (κ1) is 25.0. The predicted molar refractivity (Wildman–Crippen MR) is 142 cm³/mol. The normalized spacial score (nSPS) is 23.5. The molecular weight excluding hydrogens is 481 g/mol. The number of hydrogen-bond donors (Lipinski definition) is 1. The van der Waals surface area contributed by atoms with Crippen LogP contribution in [0, 0.1) is 0 Å². The predicted octanol–water partition coefficient (Wildman–Crippen LogP) is 5.74. The first-order chi connectivity index (χ1) is 17.1. The Morgan fingerprint density at radius 1 is 1.03 bits per heavy atom. The fourth-order valence-corrected chi connectivity index (χ4v) is 6.59. The van der Waals surface area contributed by atoms with E-state index in [0.29, 0.717) is 22.5 Å². The molecule has 0 bridgehead atoms. The molecule has 0 spiro atoms. The van der Waals surface area contributed by atoms with Crippen molar-refractivity contribution in [2.24, 2.45) is 0 Å². The van der Waals surface area contributed by atoms with Crippen molar-refractivity contribution in [2.45, 2.75) is 56.5 Å². The van der Waals surface area contributed by atoms with E-state index < -0.39 is 5.54 Å². The second-order valence-electron chi connectivity index (χ2n) is 10.1. The SMILES string of the molecule is O=C1Nc2cc(Cl)ccc2C1(Cc1cccc(Cl)c1)N(CCCN1CCOCC1)C1CCCCC1. The van der Waals surface area contributed by atoms with Gasteiger partial charge >= 0.3 is 0 Å². The van der Waals surface area contributed by atoms with E-state index in [0.717, 1.165) is 75.5 Å². The van der Waals surface area contributed by atoms with Gasteiger partial charge in [-0.05, 0) is 55.6 Å². The van der Waals surface area contributed by atoms with Gasteiger partial charge in [0.15, 0.2) is 0 Å². The molecule has 1 amide bonds. The van der Waals surface area contributed by atoms with E-state index in [2.05, 4.69) is 27.2 Å². The summed E-state index contributed by atoms with van der Waals surface area (Å²) >= 11 is 12.7. The smallest absolute Gasteiger partial charge is 0.249 e. The number of morpholine rings is 1. The van der Waals surface area contributed by atoms with Gasteiger partial charge < -0.3 is 10.1 Å². The van der Waals surface area contributed by atoms with E-state index in [1.807, 2.05) is 30.3 Å². The fourth-order valence-electron chi connectivity index (χ4n) is 6.20. The molecule has 2 aromatic carbocycles. The molecule has 1 saturated carbocycles. The second kappa shape index (κ2) is 11.2. The van der Waals surface area contributed by atoms with Crippen molar-refractivity contribution < 1.29 is 9.53 Å². The van der Waals surface area contributed by atoms with Crippen molar-refractivity contribution >= 4 is 34.8 Å². The average molecular weight is 517 g/mol. The van der Waals surface area contributed by atoms with Crippen molar-refractivity contribution in [3.05, 3.63) is 63.6 Å². The maximum absolute atomic E-state index is 14.0. The zero-order chi connectivity index (χ0) is 24.3. The third kappa shape index (κ3) is 5.40. The minimum Gasteiger partial charge on any atom is -0.379 e. The Kier molecular flexibility index (Phi) is 8.00. The van der Waals surface area contributed by atoms with Crippen LogP contribution in [0.5, 0.6) is 0 Å². The molecule has 2 aromatic rings. The Hall–Kier alpha value is -1.63. The van der Waals surface area contributed by atoms with Crippen molar-refractivity contribution in [3.63, 3.8) is 0 Å². The van der Waals surface area contributed by atoms with E-state index in [4.69, 9.17) is 27.9 Å². The molecule has 1 saturated heterocycles. The summed E-state index contributed by atoms with van der Waals surface area (Å²) in [6.45, 7) is 5.48. The van der Waals surface area contributed by atoms with Crippen LogP contribution in [0.15, 0.2) is 42.5 Å². The Balaban J connectivity index is 1.52. The highest BCUT2D eigenvalue weighted by Gasteiger charge is 2.53. The molecule has 7 heteroatoms.